The second-order valence-corrected chi connectivity index (χ2v) is 4.92. The summed E-state index contributed by atoms with van der Waals surface area (Å²) < 4.78 is 0. The first kappa shape index (κ1) is 12.6. The smallest absolute Gasteiger partial charge is 0.246 e. The average Bonchev–Trinajstić information content (AvgIpc) is 2.76. The van der Waals surface area contributed by atoms with Crippen LogP contribution in [0.25, 0.3) is 0 Å². The molecule has 2 rings (SSSR count). The van der Waals surface area contributed by atoms with Gasteiger partial charge in [-0.3, -0.25) is 9.59 Å². The molecule has 18 heavy (non-hydrogen) atoms. The Morgan fingerprint density at radius 3 is 2.50 bits per heavy atom. The van der Waals surface area contributed by atoms with Crippen molar-refractivity contribution in [1.82, 2.24) is 5.32 Å². The third kappa shape index (κ3) is 2.88. The van der Waals surface area contributed by atoms with Gasteiger partial charge in [-0.05, 0) is 30.0 Å². The maximum atomic E-state index is 11.9. The van der Waals surface area contributed by atoms with E-state index >= 15 is 0 Å². The van der Waals surface area contributed by atoms with Gasteiger partial charge in [0, 0.05) is 12.1 Å². The highest BCUT2D eigenvalue weighted by molar-refractivity contribution is 5.98. The van der Waals surface area contributed by atoms with Gasteiger partial charge in [-0.25, -0.2) is 0 Å². The Morgan fingerprint density at radius 1 is 1.33 bits per heavy atom. The van der Waals surface area contributed by atoms with Crippen molar-refractivity contribution in [2.45, 2.75) is 38.6 Å². The zero-order valence-electron chi connectivity index (χ0n) is 10.7. The largest absolute Gasteiger partial charge is 0.344 e. The van der Waals surface area contributed by atoms with Crippen LogP contribution in [-0.4, -0.2) is 17.9 Å². The molecule has 0 aromatic heterocycles. The fourth-order valence-electron chi connectivity index (χ4n) is 1.99. The minimum Gasteiger partial charge on any atom is -0.344 e. The number of carbonyl (C=O) groups is 2. The van der Waals surface area contributed by atoms with Crippen LogP contribution in [0, 0.1) is 0 Å². The maximum Gasteiger partial charge on any atom is 0.246 e. The number of rotatable bonds is 3. The van der Waals surface area contributed by atoms with Gasteiger partial charge in [0.25, 0.3) is 0 Å². The number of carbonyl (C=O) groups excluding carboxylic acids is 2. The highest BCUT2D eigenvalue weighted by Crippen LogP contribution is 2.18. The number of hydrogen-bond donors (Lipinski definition) is 2. The molecule has 1 aliphatic rings. The number of nitrogens with one attached hydrogen (secondary N) is 2. The molecule has 0 bridgehead atoms. The van der Waals surface area contributed by atoms with Gasteiger partial charge in [-0.1, -0.05) is 26.0 Å². The van der Waals surface area contributed by atoms with E-state index in [0.717, 1.165) is 5.69 Å². The van der Waals surface area contributed by atoms with Gasteiger partial charge < -0.3 is 10.6 Å². The van der Waals surface area contributed by atoms with E-state index in [1.807, 2.05) is 24.3 Å². The molecule has 1 atom stereocenters. The number of hydrogen-bond acceptors (Lipinski definition) is 2. The molecule has 96 valence electrons. The summed E-state index contributed by atoms with van der Waals surface area (Å²) in [4.78, 5) is 22.9. The van der Waals surface area contributed by atoms with Gasteiger partial charge in [0.1, 0.15) is 6.04 Å². The van der Waals surface area contributed by atoms with Crippen LogP contribution in [0.2, 0.25) is 0 Å². The zero-order valence-corrected chi connectivity index (χ0v) is 10.7. The number of benzene rings is 1. The van der Waals surface area contributed by atoms with Gasteiger partial charge >= 0.3 is 0 Å². The van der Waals surface area contributed by atoms with Crippen molar-refractivity contribution >= 4 is 17.5 Å². The van der Waals surface area contributed by atoms with E-state index in [1.54, 1.807) is 0 Å². The Bertz CT molecular complexity index is 451. The second kappa shape index (κ2) is 5.21. The molecule has 2 N–H and O–H groups in total. The summed E-state index contributed by atoms with van der Waals surface area (Å²) in [6.45, 7) is 4.25. The van der Waals surface area contributed by atoms with E-state index in [1.165, 1.54) is 5.56 Å². The molecule has 1 aromatic carbocycles. The van der Waals surface area contributed by atoms with Crippen LogP contribution in [0.5, 0.6) is 0 Å². The van der Waals surface area contributed by atoms with Crippen molar-refractivity contribution in [2.75, 3.05) is 5.32 Å². The molecule has 0 spiro atoms. The molecule has 4 nitrogen and oxygen atoms in total. The van der Waals surface area contributed by atoms with Gasteiger partial charge in [-0.15, -0.1) is 0 Å². The summed E-state index contributed by atoms with van der Waals surface area (Å²) in [5.41, 5.74) is 2.01. The first-order chi connectivity index (χ1) is 8.56. The number of amides is 2. The molecule has 1 fully saturated rings. The van der Waals surface area contributed by atoms with E-state index in [9.17, 15) is 9.59 Å². The minimum absolute atomic E-state index is 0.0506. The molecule has 1 heterocycles. The Hall–Kier alpha value is -1.84. The minimum atomic E-state index is -0.387. The van der Waals surface area contributed by atoms with E-state index in [0.29, 0.717) is 18.8 Å². The van der Waals surface area contributed by atoms with Crippen molar-refractivity contribution in [3.63, 3.8) is 0 Å². The lowest BCUT2D eigenvalue weighted by atomic mass is 10.0. The van der Waals surface area contributed by atoms with Crippen molar-refractivity contribution in [3.05, 3.63) is 29.8 Å². The van der Waals surface area contributed by atoms with Gasteiger partial charge in [0.15, 0.2) is 0 Å². The molecular formula is C14H18N2O2. The van der Waals surface area contributed by atoms with Crippen LogP contribution in [0.4, 0.5) is 5.69 Å². The highest BCUT2D eigenvalue weighted by Gasteiger charge is 2.26. The Kier molecular flexibility index (Phi) is 3.65. The number of anilines is 1. The Balaban J connectivity index is 1.97. The summed E-state index contributed by atoms with van der Waals surface area (Å²) in [6.07, 6.45) is 1.01. The molecule has 2 amide bonds. The summed E-state index contributed by atoms with van der Waals surface area (Å²) >= 11 is 0. The van der Waals surface area contributed by atoms with Crippen molar-refractivity contribution in [1.29, 1.82) is 0 Å². The second-order valence-electron chi connectivity index (χ2n) is 4.92. The Morgan fingerprint density at radius 2 is 2.00 bits per heavy atom. The molecule has 0 unspecified atom stereocenters. The molecule has 1 aromatic rings. The van der Waals surface area contributed by atoms with Gasteiger partial charge in [-0.2, -0.15) is 0 Å². The molecule has 1 saturated heterocycles. The van der Waals surface area contributed by atoms with Crippen LogP contribution in [0.1, 0.15) is 38.2 Å². The third-order valence-corrected chi connectivity index (χ3v) is 3.16. The lowest BCUT2D eigenvalue weighted by Gasteiger charge is -2.12. The quantitative estimate of drug-likeness (QED) is 0.857. The molecule has 0 radical (unpaired) electrons. The van der Waals surface area contributed by atoms with E-state index in [-0.39, 0.29) is 17.9 Å². The highest BCUT2D eigenvalue weighted by atomic mass is 16.2. The van der Waals surface area contributed by atoms with Crippen LogP contribution in [0.3, 0.4) is 0 Å². The monoisotopic (exact) mass is 246 g/mol. The first-order valence-corrected chi connectivity index (χ1v) is 6.26. The lowest BCUT2D eigenvalue weighted by molar-refractivity contribution is -0.122. The molecular weight excluding hydrogens is 228 g/mol. The summed E-state index contributed by atoms with van der Waals surface area (Å²) in [5, 5.41) is 5.47. The predicted octanol–water partition coefficient (Wildman–Crippen LogP) is 2.03. The van der Waals surface area contributed by atoms with Crippen molar-refractivity contribution in [3.8, 4) is 0 Å². The van der Waals surface area contributed by atoms with Crippen molar-refractivity contribution in [2.24, 2.45) is 0 Å². The van der Waals surface area contributed by atoms with Crippen LogP contribution in [-0.2, 0) is 9.59 Å². The van der Waals surface area contributed by atoms with Gasteiger partial charge in [0.05, 0.1) is 0 Å². The standard InChI is InChI=1S/C14H18N2O2/c1-9(2)10-3-5-11(6-4-10)15-14(18)12-7-8-13(17)16-12/h3-6,9,12H,7-8H2,1-2H3,(H,15,18)(H,16,17)/t12-/m1/s1. The fraction of sp³-hybridized carbons (Fsp3) is 0.429. The summed E-state index contributed by atoms with van der Waals surface area (Å²) in [5.74, 6) is 0.285. The van der Waals surface area contributed by atoms with Crippen molar-refractivity contribution < 1.29 is 9.59 Å². The zero-order chi connectivity index (χ0) is 13.1. The molecule has 4 heteroatoms. The van der Waals surface area contributed by atoms with Gasteiger partial charge in [0.2, 0.25) is 11.8 Å². The van der Waals surface area contributed by atoms with E-state index < -0.39 is 0 Å². The molecule has 0 saturated carbocycles. The maximum absolute atomic E-state index is 11.9. The lowest BCUT2D eigenvalue weighted by Crippen LogP contribution is -2.37. The average molecular weight is 246 g/mol. The van der Waals surface area contributed by atoms with Crippen LogP contribution in [0.15, 0.2) is 24.3 Å². The van der Waals surface area contributed by atoms with Crippen LogP contribution >= 0.6 is 0 Å². The Labute approximate surface area is 107 Å². The normalized spacial score (nSPS) is 18.8. The summed E-state index contributed by atoms with van der Waals surface area (Å²) in [6, 6.07) is 7.41. The molecule has 0 aliphatic carbocycles. The SMILES string of the molecule is CC(C)c1ccc(NC(=O)[C@H]2CCC(=O)N2)cc1. The van der Waals surface area contributed by atoms with E-state index in [2.05, 4.69) is 24.5 Å². The topological polar surface area (TPSA) is 58.2 Å². The van der Waals surface area contributed by atoms with Crippen LogP contribution < -0.4 is 10.6 Å². The summed E-state index contributed by atoms with van der Waals surface area (Å²) in [7, 11) is 0. The fourth-order valence-corrected chi connectivity index (χ4v) is 1.99. The predicted molar refractivity (Wildman–Crippen MR) is 70.3 cm³/mol. The molecule has 1 aliphatic heterocycles. The third-order valence-electron chi connectivity index (χ3n) is 3.16. The van der Waals surface area contributed by atoms with E-state index in [4.69, 9.17) is 0 Å². The first-order valence-electron chi connectivity index (χ1n) is 6.26.